The van der Waals surface area contributed by atoms with Gasteiger partial charge in [0.25, 0.3) is 0 Å². The standard InChI is InChI=1S/C14H25N3O/c1-3-11-4-7-14(10-15,8-5-11)13(18)12-6-9-16-17(12)2/h6,9,11,13,18H,3-5,7-8,10,15H2,1-2H3. The Balaban J connectivity index is 2.16. The van der Waals surface area contributed by atoms with Gasteiger partial charge in [-0.2, -0.15) is 5.10 Å². The summed E-state index contributed by atoms with van der Waals surface area (Å²) in [6.07, 6.45) is 6.89. The van der Waals surface area contributed by atoms with Gasteiger partial charge in [0.15, 0.2) is 0 Å². The van der Waals surface area contributed by atoms with E-state index >= 15 is 0 Å². The molecule has 1 aromatic heterocycles. The molecule has 0 saturated heterocycles. The average molecular weight is 251 g/mol. The van der Waals surface area contributed by atoms with Crippen LogP contribution in [0.3, 0.4) is 0 Å². The molecule has 1 aromatic rings. The first kappa shape index (κ1) is 13.6. The molecule has 0 amide bonds. The number of rotatable bonds is 4. The fourth-order valence-corrected chi connectivity index (χ4v) is 3.22. The van der Waals surface area contributed by atoms with Gasteiger partial charge in [-0.25, -0.2) is 0 Å². The van der Waals surface area contributed by atoms with Crippen LogP contribution in [-0.2, 0) is 7.05 Å². The predicted octanol–water partition coefficient (Wildman–Crippen LogP) is 2.00. The van der Waals surface area contributed by atoms with E-state index in [-0.39, 0.29) is 5.41 Å². The van der Waals surface area contributed by atoms with Crippen molar-refractivity contribution in [2.75, 3.05) is 6.54 Å². The van der Waals surface area contributed by atoms with Crippen molar-refractivity contribution in [3.8, 4) is 0 Å². The lowest BCUT2D eigenvalue weighted by Gasteiger charge is -2.42. The number of aliphatic hydroxyl groups is 1. The Morgan fingerprint density at radius 1 is 1.56 bits per heavy atom. The molecule has 102 valence electrons. The highest BCUT2D eigenvalue weighted by Gasteiger charge is 2.41. The Morgan fingerprint density at radius 2 is 2.22 bits per heavy atom. The Morgan fingerprint density at radius 3 is 2.67 bits per heavy atom. The lowest BCUT2D eigenvalue weighted by atomic mass is 9.66. The molecule has 3 N–H and O–H groups in total. The highest BCUT2D eigenvalue weighted by Crippen LogP contribution is 2.47. The smallest absolute Gasteiger partial charge is 0.102 e. The van der Waals surface area contributed by atoms with Crippen LogP contribution >= 0.6 is 0 Å². The number of aliphatic hydroxyl groups excluding tert-OH is 1. The van der Waals surface area contributed by atoms with Crippen molar-refractivity contribution in [3.63, 3.8) is 0 Å². The first-order valence-corrected chi connectivity index (χ1v) is 6.99. The van der Waals surface area contributed by atoms with E-state index < -0.39 is 6.10 Å². The maximum atomic E-state index is 10.7. The van der Waals surface area contributed by atoms with Gasteiger partial charge < -0.3 is 10.8 Å². The normalized spacial score (nSPS) is 30.3. The molecule has 2 rings (SSSR count). The van der Waals surface area contributed by atoms with E-state index in [4.69, 9.17) is 5.73 Å². The predicted molar refractivity (Wildman–Crippen MR) is 71.9 cm³/mol. The number of nitrogens with zero attached hydrogens (tertiary/aromatic N) is 2. The van der Waals surface area contributed by atoms with E-state index in [1.807, 2.05) is 13.1 Å². The lowest BCUT2D eigenvalue weighted by Crippen LogP contribution is -2.40. The van der Waals surface area contributed by atoms with Gasteiger partial charge >= 0.3 is 0 Å². The van der Waals surface area contributed by atoms with Gasteiger partial charge in [-0.1, -0.05) is 13.3 Å². The molecule has 1 heterocycles. The minimum atomic E-state index is -0.493. The molecule has 0 aromatic carbocycles. The van der Waals surface area contributed by atoms with Gasteiger partial charge in [0.05, 0.1) is 5.69 Å². The molecule has 1 aliphatic rings. The zero-order valence-electron chi connectivity index (χ0n) is 11.5. The van der Waals surface area contributed by atoms with Crippen LogP contribution in [0.4, 0.5) is 0 Å². The zero-order chi connectivity index (χ0) is 13.2. The molecule has 4 heteroatoms. The number of aromatic nitrogens is 2. The Kier molecular flexibility index (Phi) is 4.07. The van der Waals surface area contributed by atoms with Crippen molar-refractivity contribution >= 4 is 0 Å². The third-order valence-electron chi connectivity index (χ3n) is 4.80. The van der Waals surface area contributed by atoms with Crippen molar-refractivity contribution in [2.45, 2.75) is 45.1 Å². The second kappa shape index (κ2) is 5.41. The van der Waals surface area contributed by atoms with Crippen LogP contribution < -0.4 is 5.73 Å². The summed E-state index contributed by atoms with van der Waals surface area (Å²) in [5, 5.41) is 14.8. The van der Waals surface area contributed by atoms with Gasteiger partial charge in [-0.05, 0) is 37.7 Å². The monoisotopic (exact) mass is 251 g/mol. The molecule has 0 aliphatic heterocycles. The molecule has 4 nitrogen and oxygen atoms in total. The summed E-state index contributed by atoms with van der Waals surface area (Å²) in [7, 11) is 1.88. The second-order valence-corrected chi connectivity index (χ2v) is 5.70. The van der Waals surface area contributed by atoms with E-state index in [2.05, 4.69) is 12.0 Å². The van der Waals surface area contributed by atoms with Crippen molar-refractivity contribution in [1.29, 1.82) is 0 Å². The van der Waals surface area contributed by atoms with Crippen molar-refractivity contribution in [2.24, 2.45) is 24.1 Å². The largest absolute Gasteiger partial charge is 0.386 e. The molecule has 1 fully saturated rings. The number of nitrogens with two attached hydrogens (primary N) is 1. The van der Waals surface area contributed by atoms with Crippen LogP contribution in [0.25, 0.3) is 0 Å². The minimum absolute atomic E-state index is 0.153. The van der Waals surface area contributed by atoms with Crippen molar-refractivity contribution < 1.29 is 5.11 Å². The number of hydrogen-bond acceptors (Lipinski definition) is 3. The van der Waals surface area contributed by atoms with Crippen LogP contribution in [0.5, 0.6) is 0 Å². The average Bonchev–Trinajstić information content (AvgIpc) is 2.84. The fraction of sp³-hybridized carbons (Fsp3) is 0.786. The van der Waals surface area contributed by atoms with Crippen molar-refractivity contribution in [1.82, 2.24) is 9.78 Å². The molecule has 18 heavy (non-hydrogen) atoms. The molecule has 0 bridgehead atoms. The fourth-order valence-electron chi connectivity index (χ4n) is 3.22. The SMILES string of the molecule is CCC1CCC(CN)(C(O)c2ccnn2C)CC1. The molecular weight excluding hydrogens is 226 g/mol. The van der Waals surface area contributed by atoms with Crippen molar-refractivity contribution in [3.05, 3.63) is 18.0 Å². The summed E-state index contributed by atoms with van der Waals surface area (Å²) in [6.45, 7) is 2.80. The third-order valence-corrected chi connectivity index (χ3v) is 4.80. The van der Waals surface area contributed by atoms with E-state index in [1.54, 1.807) is 10.9 Å². The van der Waals surface area contributed by atoms with E-state index in [0.717, 1.165) is 24.5 Å². The quantitative estimate of drug-likeness (QED) is 0.860. The Labute approximate surface area is 109 Å². The van der Waals surface area contributed by atoms with Crippen LogP contribution in [0.1, 0.15) is 50.8 Å². The first-order chi connectivity index (χ1) is 8.63. The summed E-state index contributed by atoms with van der Waals surface area (Å²) in [5.74, 6) is 0.809. The molecule has 1 unspecified atom stereocenters. The third kappa shape index (κ3) is 2.31. The second-order valence-electron chi connectivity index (χ2n) is 5.70. The first-order valence-electron chi connectivity index (χ1n) is 6.99. The minimum Gasteiger partial charge on any atom is -0.386 e. The van der Waals surface area contributed by atoms with Gasteiger partial charge in [0.1, 0.15) is 6.10 Å². The van der Waals surface area contributed by atoms with Crippen LogP contribution in [0.15, 0.2) is 12.3 Å². The van der Waals surface area contributed by atoms with Crippen LogP contribution in [0, 0.1) is 11.3 Å². The summed E-state index contributed by atoms with van der Waals surface area (Å²) in [5.41, 5.74) is 6.72. The van der Waals surface area contributed by atoms with Gasteiger partial charge in [-0.15, -0.1) is 0 Å². The summed E-state index contributed by atoms with van der Waals surface area (Å²) in [4.78, 5) is 0. The lowest BCUT2D eigenvalue weighted by molar-refractivity contribution is -0.0150. The number of aryl methyl sites for hydroxylation is 1. The Bertz CT molecular complexity index is 380. The van der Waals surface area contributed by atoms with Gasteiger partial charge in [0.2, 0.25) is 0 Å². The number of hydrogen-bond donors (Lipinski definition) is 2. The van der Waals surface area contributed by atoms with E-state index in [9.17, 15) is 5.11 Å². The summed E-state index contributed by atoms with van der Waals surface area (Å²) < 4.78 is 1.76. The highest BCUT2D eigenvalue weighted by atomic mass is 16.3. The van der Waals surface area contributed by atoms with E-state index in [1.165, 1.54) is 19.3 Å². The molecular formula is C14H25N3O. The van der Waals surface area contributed by atoms with Gasteiger partial charge in [-0.3, -0.25) is 4.68 Å². The maximum Gasteiger partial charge on any atom is 0.102 e. The highest BCUT2D eigenvalue weighted by molar-refractivity contribution is 5.10. The van der Waals surface area contributed by atoms with Crippen LogP contribution in [-0.4, -0.2) is 21.4 Å². The molecule has 0 radical (unpaired) electrons. The molecule has 1 atom stereocenters. The molecule has 0 spiro atoms. The molecule has 1 saturated carbocycles. The zero-order valence-corrected chi connectivity index (χ0v) is 11.5. The van der Waals surface area contributed by atoms with E-state index in [0.29, 0.717) is 6.54 Å². The molecule has 1 aliphatic carbocycles. The maximum absolute atomic E-state index is 10.7. The Hall–Kier alpha value is -0.870. The summed E-state index contributed by atoms with van der Waals surface area (Å²) in [6, 6.07) is 1.90. The summed E-state index contributed by atoms with van der Waals surface area (Å²) >= 11 is 0. The topological polar surface area (TPSA) is 64.1 Å². The van der Waals surface area contributed by atoms with Crippen LogP contribution in [0.2, 0.25) is 0 Å². The van der Waals surface area contributed by atoms with Gasteiger partial charge in [0, 0.05) is 25.2 Å².